The molecule has 0 aliphatic rings. The highest BCUT2D eigenvalue weighted by Gasteiger charge is 2.21. The lowest BCUT2D eigenvalue weighted by atomic mass is 10.0. The van der Waals surface area contributed by atoms with Crippen LogP contribution in [-0.4, -0.2) is 24.0 Å². The summed E-state index contributed by atoms with van der Waals surface area (Å²) < 4.78 is 13.3. The Morgan fingerprint density at radius 1 is 1.44 bits per heavy atom. The minimum Gasteiger partial charge on any atom is -0.329 e. The van der Waals surface area contributed by atoms with Gasteiger partial charge >= 0.3 is 0 Å². The highest BCUT2D eigenvalue weighted by Crippen LogP contribution is 2.22. The van der Waals surface area contributed by atoms with Crippen LogP contribution < -0.4 is 5.73 Å². The van der Waals surface area contributed by atoms with Crippen molar-refractivity contribution in [1.82, 2.24) is 4.90 Å². The molecule has 0 radical (unpaired) electrons. The number of hydrogen-bond acceptors (Lipinski definition) is 3. The van der Waals surface area contributed by atoms with Crippen molar-refractivity contribution in [2.24, 2.45) is 5.73 Å². The van der Waals surface area contributed by atoms with Crippen LogP contribution in [0.15, 0.2) is 24.3 Å². The van der Waals surface area contributed by atoms with E-state index >= 15 is 0 Å². The van der Waals surface area contributed by atoms with Crippen molar-refractivity contribution >= 4 is 0 Å². The molecule has 4 heteroatoms. The number of benzene rings is 1. The van der Waals surface area contributed by atoms with Gasteiger partial charge in [0.1, 0.15) is 5.82 Å². The summed E-state index contributed by atoms with van der Waals surface area (Å²) in [6, 6.07) is 8.85. The Morgan fingerprint density at radius 3 is 2.67 bits per heavy atom. The lowest BCUT2D eigenvalue weighted by Crippen LogP contribution is -2.39. The van der Waals surface area contributed by atoms with E-state index in [0.717, 1.165) is 5.56 Å². The van der Waals surface area contributed by atoms with Gasteiger partial charge in [0, 0.05) is 31.6 Å². The average molecular weight is 249 g/mol. The molecule has 1 atom stereocenters. The van der Waals surface area contributed by atoms with Crippen LogP contribution in [0.25, 0.3) is 0 Å². The average Bonchev–Trinajstić information content (AvgIpc) is 2.34. The second-order valence-electron chi connectivity index (χ2n) is 4.55. The van der Waals surface area contributed by atoms with Gasteiger partial charge in [-0.3, -0.25) is 4.90 Å². The first-order valence-electron chi connectivity index (χ1n) is 6.18. The molecular formula is C14H20FN3. The standard InChI is InChI=1S/C14H20FN3/c1-11(2)18(8-4-7-16)14(10-17)12-5-3-6-13(15)9-12/h3,5-6,9,11,14H,4,8,10,17H2,1-2H3. The second-order valence-corrected chi connectivity index (χ2v) is 4.55. The van der Waals surface area contributed by atoms with Gasteiger partial charge in [0.2, 0.25) is 0 Å². The van der Waals surface area contributed by atoms with E-state index in [9.17, 15) is 4.39 Å². The van der Waals surface area contributed by atoms with Gasteiger partial charge < -0.3 is 5.73 Å². The molecule has 0 aliphatic heterocycles. The fraction of sp³-hybridized carbons (Fsp3) is 0.500. The van der Waals surface area contributed by atoms with Crippen LogP contribution in [0.4, 0.5) is 4.39 Å². The van der Waals surface area contributed by atoms with Gasteiger partial charge in [-0.25, -0.2) is 4.39 Å². The van der Waals surface area contributed by atoms with Gasteiger partial charge in [-0.1, -0.05) is 12.1 Å². The monoisotopic (exact) mass is 249 g/mol. The van der Waals surface area contributed by atoms with E-state index in [1.165, 1.54) is 12.1 Å². The minimum absolute atomic E-state index is 0.0472. The van der Waals surface area contributed by atoms with Crippen LogP contribution in [0.1, 0.15) is 31.9 Å². The van der Waals surface area contributed by atoms with Crippen molar-refractivity contribution in [3.8, 4) is 6.07 Å². The van der Waals surface area contributed by atoms with E-state index in [4.69, 9.17) is 11.0 Å². The zero-order valence-electron chi connectivity index (χ0n) is 10.9. The van der Waals surface area contributed by atoms with Gasteiger partial charge in [-0.2, -0.15) is 5.26 Å². The van der Waals surface area contributed by atoms with Crippen LogP contribution in [0.5, 0.6) is 0 Å². The quantitative estimate of drug-likeness (QED) is 0.842. The van der Waals surface area contributed by atoms with Crippen LogP contribution >= 0.6 is 0 Å². The molecule has 0 aliphatic carbocycles. The van der Waals surface area contributed by atoms with Crippen LogP contribution in [-0.2, 0) is 0 Å². The summed E-state index contributed by atoms with van der Waals surface area (Å²) in [5, 5.41) is 8.70. The summed E-state index contributed by atoms with van der Waals surface area (Å²) in [7, 11) is 0. The van der Waals surface area contributed by atoms with Gasteiger partial charge in [0.15, 0.2) is 0 Å². The van der Waals surface area contributed by atoms with Crippen molar-refractivity contribution < 1.29 is 4.39 Å². The lowest BCUT2D eigenvalue weighted by molar-refractivity contribution is 0.160. The van der Waals surface area contributed by atoms with Gasteiger partial charge in [-0.05, 0) is 31.5 Å². The lowest BCUT2D eigenvalue weighted by Gasteiger charge is -2.34. The van der Waals surface area contributed by atoms with Crippen molar-refractivity contribution in [2.45, 2.75) is 32.4 Å². The Balaban J connectivity index is 2.95. The number of nitrogens with zero attached hydrogens (tertiary/aromatic N) is 2. The summed E-state index contributed by atoms with van der Waals surface area (Å²) in [4.78, 5) is 2.14. The molecule has 0 spiro atoms. The third kappa shape index (κ3) is 3.80. The second kappa shape index (κ2) is 7.10. The molecule has 0 saturated heterocycles. The summed E-state index contributed by atoms with van der Waals surface area (Å²) >= 11 is 0. The molecule has 1 unspecified atom stereocenters. The van der Waals surface area contributed by atoms with Crippen LogP contribution in [0.2, 0.25) is 0 Å². The molecule has 0 fully saturated rings. The highest BCUT2D eigenvalue weighted by molar-refractivity contribution is 5.21. The smallest absolute Gasteiger partial charge is 0.123 e. The van der Waals surface area contributed by atoms with Crippen molar-refractivity contribution in [1.29, 1.82) is 5.26 Å². The van der Waals surface area contributed by atoms with E-state index in [-0.39, 0.29) is 17.9 Å². The van der Waals surface area contributed by atoms with Crippen molar-refractivity contribution in [3.05, 3.63) is 35.6 Å². The van der Waals surface area contributed by atoms with Crippen LogP contribution in [0.3, 0.4) is 0 Å². The van der Waals surface area contributed by atoms with E-state index in [0.29, 0.717) is 19.5 Å². The zero-order valence-corrected chi connectivity index (χ0v) is 10.9. The molecule has 0 amide bonds. The first kappa shape index (κ1) is 14.6. The fourth-order valence-corrected chi connectivity index (χ4v) is 2.13. The third-order valence-electron chi connectivity index (χ3n) is 3.00. The molecule has 1 rings (SSSR count). The highest BCUT2D eigenvalue weighted by atomic mass is 19.1. The predicted octanol–water partition coefficient (Wildman–Crippen LogP) is 2.45. The molecule has 0 heterocycles. The molecule has 18 heavy (non-hydrogen) atoms. The van der Waals surface area contributed by atoms with Crippen molar-refractivity contribution in [2.75, 3.05) is 13.1 Å². The summed E-state index contributed by atoms with van der Waals surface area (Å²) in [5.74, 6) is -0.255. The maximum absolute atomic E-state index is 13.3. The number of nitrogens with two attached hydrogens (primary N) is 1. The first-order chi connectivity index (χ1) is 8.60. The Kier molecular flexibility index (Phi) is 5.76. The molecule has 1 aromatic carbocycles. The Morgan fingerprint density at radius 2 is 2.17 bits per heavy atom. The zero-order chi connectivity index (χ0) is 13.5. The molecule has 0 bridgehead atoms. The molecule has 3 nitrogen and oxygen atoms in total. The van der Waals surface area contributed by atoms with E-state index in [1.807, 2.05) is 6.07 Å². The number of nitriles is 1. The topological polar surface area (TPSA) is 53.0 Å². The molecule has 0 aromatic heterocycles. The summed E-state index contributed by atoms with van der Waals surface area (Å²) in [6.45, 7) is 5.16. The fourth-order valence-electron chi connectivity index (χ4n) is 2.13. The predicted molar refractivity (Wildman–Crippen MR) is 70.3 cm³/mol. The van der Waals surface area contributed by atoms with Gasteiger partial charge in [-0.15, -0.1) is 0 Å². The van der Waals surface area contributed by atoms with E-state index in [2.05, 4.69) is 24.8 Å². The van der Waals surface area contributed by atoms with E-state index < -0.39 is 0 Å². The first-order valence-corrected chi connectivity index (χ1v) is 6.18. The van der Waals surface area contributed by atoms with Gasteiger partial charge in [0.05, 0.1) is 6.07 Å². The SMILES string of the molecule is CC(C)N(CCC#N)C(CN)c1cccc(F)c1. The maximum atomic E-state index is 13.3. The Bertz CT molecular complexity index is 412. The Hall–Kier alpha value is -1.44. The number of hydrogen-bond donors (Lipinski definition) is 1. The summed E-state index contributed by atoms with van der Waals surface area (Å²) in [6.07, 6.45) is 0.448. The Labute approximate surface area is 108 Å². The van der Waals surface area contributed by atoms with Gasteiger partial charge in [0.25, 0.3) is 0 Å². The number of halogens is 1. The maximum Gasteiger partial charge on any atom is 0.123 e. The van der Waals surface area contributed by atoms with E-state index in [1.54, 1.807) is 6.07 Å². The molecule has 2 N–H and O–H groups in total. The van der Waals surface area contributed by atoms with Crippen LogP contribution in [0, 0.1) is 17.1 Å². The number of rotatable bonds is 6. The summed E-state index contributed by atoms with van der Waals surface area (Å²) in [5.41, 5.74) is 6.68. The molecular weight excluding hydrogens is 229 g/mol. The van der Waals surface area contributed by atoms with Crippen molar-refractivity contribution in [3.63, 3.8) is 0 Å². The third-order valence-corrected chi connectivity index (χ3v) is 3.00. The minimum atomic E-state index is -0.255. The molecule has 1 aromatic rings. The molecule has 98 valence electrons. The molecule has 0 saturated carbocycles. The normalized spacial score (nSPS) is 12.7. The largest absolute Gasteiger partial charge is 0.329 e.